The Morgan fingerprint density at radius 2 is 1.56 bits per heavy atom. The van der Waals surface area contributed by atoms with Crippen LogP contribution in [0.4, 0.5) is 10.8 Å². The summed E-state index contributed by atoms with van der Waals surface area (Å²) in [5.74, 6) is 0.799. The smallest absolute Gasteiger partial charge is 0.320 e. The number of aromatic nitrogens is 1. The van der Waals surface area contributed by atoms with Gasteiger partial charge in [0.1, 0.15) is 11.3 Å². The SMILES string of the molecule is CC(C)(C)[Si](Oc1cc(N2CC2Cc2ccccc2Cl)cc2sc(N)nc12)(c1ccccc1)c1ccccc1. The Kier molecular flexibility index (Phi) is 6.66. The van der Waals surface area contributed by atoms with E-state index in [0.29, 0.717) is 11.2 Å². The zero-order valence-electron chi connectivity index (χ0n) is 22.4. The molecule has 1 aromatic heterocycles. The maximum atomic E-state index is 7.44. The van der Waals surface area contributed by atoms with Crippen LogP contribution in [0.1, 0.15) is 26.3 Å². The molecule has 6 rings (SSSR count). The van der Waals surface area contributed by atoms with E-state index < -0.39 is 8.32 Å². The number of hydrogen-bond donors (Lipinski definition) is 1. The van der Waals surface area contributed by atoms with Gasteiger partial charge in [0.15, 0.2) is 5.13 Å². The van der Waals surface area contributed by atoms with Crippen molar-refractivity contribution in [2.75, 3.05) is 17.2 Å². The number of anilines is 2. The average molecular weight is 570 g/mol. The van der Waals surface area contributed by atoms with E-state index in [1.165, 1.54) is 27.3 Å². The summed E-state index contributed by atoms with van der Waals surface area (Å²) in [5.41, 5.74) is 9.40. The van der Waals surface area contributed by atoms with Gasteiger partial charge in [-0.1, -0.05) is 123 Å². The second-order valence-electron chi connectivity index (χ2n) is 11.2. The quantitative estimate of drug-likeness (QED) is 0.171. The molecular formula is C32H32ClN3OSSi. The summed E-state index contributed by atoms with van der Waals surface area (Å²) in [7, 11) is -2.83. The lowest BCUT2D eigenvalue weighted by molar-refractivity contribution is 0.512. The van der Waals surface area contributed by atoms with Gasteiger partial charge >= 0.3 is 8.32 Å². The molecule has 0 aliphatic carbocycles. The highest BCUT2D eigenvalue weighted by Gasteiger charge is 2.52. The first-order chi connectivity index (χ1) is 18.8. The van der Waals surface area contributed by atoms with Crippen LogP contribution in [-0.4, -0.2) is 25.9 Å². The number of nitrogens with two attached hydrogens (primary N) is 1. The van der Waals surface area contributed by atoms with Gasteiger partial charge in [-0.05, 0) is 39.5 Å². The van der Waals surface area contributed by atoms with Crippen molar-refractivity contribution < 1.29 is 4.43 Å². The lowest BCUT2D eigenvalue weighted by atomic mass is 10.1. The lowest BCUT2D eigenvalue weighted by Crippen LogP contribution is -2.68. The van der Waals surface area contributed by atoms with E-state index in [1.807, 2.05) is 12.1 Å². The minimum absolute atomic E-state index is 0.161. The fourth-order valence-electron chi connectivity index (χ4n) is 5.65. The fourth-order valence-corrected chi connectivity index (χ4v) is 11.1. The molecule has 1 aliphatic heterocycles. The Morgan fingerprint density at radius 1 is 0.949 bits per heavy atom. The number of benzene rings is 4. The second kappa shape index (κ2) is 10.0. The molecule has 39 heavy (non-hydrogen) atoms. The van der Waals surface area contributed by atoms with Crippen molar-refractivity contribution in [2.45, 2.75) is 38.3 Å². The summed E-state index contributed by atoms with van der Waals surface area (Å²) in [4.78, 5) is 7.16. The third kappa shape index (κ3) is 4.82. The fraction of sp³-hybridized carbons (Fsp3) is 0.219. The first-order valence-corrected chi connectivity index (χ1v) is 16.4. The molecule has 1 unspecified atom stereocenters. The highest BCUT2D eigenvalue weighted by molar-refractivity contribution is 7.22. The van der Waals surface area contributed by atoms with Gasteiger partial charge in [-0.3, -0.25) is 0 Å². The van der Waals surface area contributed by atoms with Gasteiger partial charge in [-0.2, -0.15) is 0 Å². The number of halogens is 1. The number of thiazole rings is 1. The Morgan fingerprint density at radius 3 is 2.18 bits per heavy atom. The Balaban J connectivity index is 1.46. The van der Waals surface area contributed by atoms with Gasteiger partial charge in [-0.15, -0.1) is 0 Å². The van der Waals surface area contributed by atoms with Crippen molar-refractivity contribution in [3.63, 3.8) is 0 Å². The summed E-state index contributed by atoms with van der Waals surface area (Å²) in [5, 5.41) is 3.67. The second-order valence-corrected chi connectivity index (χ2v) is 16.9. The zero-order chi connectivity index (χ0) is 27.2. The highest BCUT2D eigenvalue weighted by Crippen LogP contribution is 2.44. The normalized spacial score (nSPS) is 15.5. The van der Waals surface area contributed by atoms with Crippen LogP contribution >= 0.6 is 22.9 Å². The number of nitrogen functional groups attached to an aromatic ring is 1. The molecule has 1 atom stereocenters. The van der Waals surface area contributed by atoms with Crippen LogP contribution in [0, 0.1) is 0 Å². The summed E-state index contributed by atoms with van der Waals surface area (Å²) >= 11 is 7.99. The van der Waals surface area contributed by atoms with Crippen LogP contribution in [0.15, 0.2) is 97.1 Å². The third-order valence-electron chi connectivity index (χ3n) is 7.60. The van der Waals surface area contributed by atoms with Crippen molar-refractivity contribution in [3.8, 4) is 5.75 Å². The number of fused-ring (bicyclic) bond motifs is 1. The molecule has 0 saturated carbocycles. The molecule has 5 aromatic rings. The van der Waals surface area contributed by atoms with Crippen LogP contribution in [0.2, 0.25) is 10.1 Å². The van der Waals surface area contributed by atoms with Crippen molar-refractivity contribution in [1.29, 1.82) is 0 Å². The van der Waals surface area contributed by atoms with Crippen LogP contribution < -0.4 is 25.4 Å². The van der Waals surface area contributed by atoms with Gasteiger partial charge in [0.05, 0.1) is 10.7 Å². The molecule has 2 heterocycles. The van der Waals surface area contributed by atoms with Gasteiger partial charge in [0.25, 0.3) is 0 Å². The van der Waals surface area contributed by atoms with Gasteiger partial charge in [0, 0.05) is 23.3 Å². The van der Waals surface area contributed by atoms with Crippen molar-refractivity contribution in [1.82, 2.24) is 4.98 Å². The minimum atomic E-state index is -2.83. The predicted octanol–water partition coefficient (Wildman–Crippen LogP) is 6.90. The van der Waals surface area contributed by atoms with Crippen LogP contribution in [0.3, 0.4) is 0 Å². The molecule has 7 heteroatoms. The predicted molar refractivity (Wildman–Crippen MR) is 169 cm³/mol. The van der Waals surface area contributed by atoms with E-state index in [0.717, 1.165) is 39.6 Å². The van der Waals surface area contributed by atoms with Gasteiger partial charge < -0.3 is 15.1 Å². The molecule has 2 N–H and O–H groups in total. The van der Waals surface area contributed by atoms with Crippen LogP contribution in [-0.2, 0) is 6.42 Å². The third-order valence-corrected chi connectivity index (χ3v) is 13.7. The largest absolute Gasteiger partial charge is 0.532 e. The van der Waals surface area contributed by atoms with E-state index in [2.05, 4.69) is 111 Å². The van der Waals surface area contributed by atoms with E-state index in [4.69, 9.17) is 26.7 Å². The molecule has 0 radical (unpaired) electrons. The standard InChI is InChI=1S/C32H32ClN3OSSi/c1-32(2,3)39(25-13-6-4-7-14-25,26-15-8-5-9-16-26)37-28-19-23(20-29-30(28)35-31(34)38-29)36-21-24(36)18-22-12-10-11-17-27(22)33/h4-17,19-20,24H,18,21H2,1-3H3,(H2,34,35). The molecule has 0 bridgehead atoms. The summed E-state index contributed by atoms with van der Waals surface area (Å²) in [6.07, 6.45) is 0.910. The molecule has 0 spiro atoms. The maximum Gasteiger partial charge on any atom is 0.320 e. The Bertz CT molecular complexity index is 1580. The Labute approximate surface area is 240 Å². The number of hydrogen-bond acceptors (Lipinski definition) is 5. The molecule has 1 saturated heterocycles. The summed E-state index contributed by atoms with van der Waals surface area (Å²) in [6.45, 7) is 7.85. The molecule has 0 amide bonds. The van der Waals surface area contributed by atoms with E-state index >= 15 is 0 Å². The lowest BCUT2D eigenvalue weighted by Gasteiger charge is -2.43. The summed E-state index contributed by atoms with van der Waals surface area (Å²) < 4.78 is 8.48. The molecule has 1 fully saturated rings. The van der Waals surface area contributed by atoms with E-state index in [-0.39, 0.29) is 5.04 Å². The number of nitrogens with zero attached hydrogens (tertiary/aromatic N) is 2. The molecule has 4 nitrogen and oxygen atoms in total. The molecule has 1 aliphatic rings. The Hall–Kier alpha value is -3.32. The molecule has 198 valence electrons. The number of rotatable bonds is 7. The highest BCUT2D eigenvalue weighted by atomic mass is 35.5. The van der Waals surface area contributed by atoms with Gasteiger partial charge in [-0.25, -0.2) is 4.98 Å². The maximum absolute atomic E-state index is 7.44. The minimum Gasteiger partial charge on any atom is -0.532 e. The van der Waals surface area contributed by atoms with E-state index in [1.54, 1.807) is 0 Å². The van der Waals surface area contributed by atoms with Crippen molar-refractivity contribution >= 4 is 62.7 Å². The zero-order valence-corrected chi connectivity index (χ0v) is 25.0. The monoisotopic (exact) mass is 569 g/mol. The van der Waals surface area contributed by atoms with Crippen molar-refractivity contribution in [3.05, 3.63) is 108 Å². The first kappa shape index (κ1) is 25.9. The molecular weight excluding hydrogens is 538 g/mol. The van der Waals surface area contributed by atoms with E-state index in [9.17, 15) is 0 Å². The first-order valence-electron chi connectivity index (χ1n) is 13.3. The average Bonchev–Trinajstić information content (AvgIpc) is 3.59. The topological polar surface area (TPSA) is 51.1 Å². The van der Waals surface area contributed by atoms with Crippen LogP contribution in [0.25, 0.3) is 10.2 Å². The molecule has 4 aromatic carbocycles. The summed E-state index contributed by atoms with van der Waals surface area (Å²) in [6, 6.07) is 34.3. The van der Waals surface area contributed by atoms with Crippen molar-refractivity contribution in [2.24, 2.45) is 0 Å². The van der Waals surface area contributed by atoms with Crippen LogP contribution in [0.5, 0.6) is 5.75 Å². The van der Waals surface area contributed by atoms with Gasteiger partial charge in [0.2, 0.25) is 0 Å².